The molecule has 0 bridgehead atoms. The van der Waals surface area contributed by atoms with Crippen LogP contribution in [0.1, 0.15) is 35.3 Å². The highest BCUT2D eigenvalue weighted by atomic mass is 32.1. The number of aromatic nitrogens is 1. The molecule has 0 aromatic carbocycles. The molecule has 2 aromatic heterocycles. The number of aliphatic imine (C=N–C) groups is 1. The normalized spacial score (nSPS) is 13.3. The average Bonchev–Trinajstić information content (AvgIpc) is 3.25. The van der Waals surface area contributed by atoms with Crippen LogP contribution in [0.25, 0.3) is 0 Å². The van der Waals surface area contributed by atoms with E-state index in [4.69, 9.17) is 0 Å². The molecule has 0 amide bonds. The monoisotopic (exact) mass is 365 g/mol. The number of nitrogens with zero attached hydrogens (tertiary/aromatic N) is 3. The fourth-order valence-corrected chi connectivity index (χ4v) is 4.08. The lowest BCUT2D eigenvalue weighted by molar-refractivity contribution is 0.219. The minimum atomic E-state index is 0.354. The summed E-state index contributed by atoms with van der Waals surface area (Å²) in [4.78, 5) is 12.4. The predicted octanol–water partition coefficient (Wildman–Crippen LogP) is 3.26. The summed E-state index contributed by atoms with van der Waals surface area (Å²) in [6.07, 6.45) is 1.91. The number of likely N-dealkylation sites (N-methyl/N-ethyl adjacent to an activating group) is 1. The van der Waals surface area contributed by atoms with Gasteiger partial charge >= 0.3 is 0 Å². The molecule has 2 aromatic rings. The Morgan fingerprint density at radius 3 is 2.67 bits per heavy atom. The van der Waals surface area contributed by atoms with Gasteiger partial charge in [0.1, 0.15) is 5.01 Å². The van der Waals surface area contributed by atoms with Crippen LogP contribution in [0.3, 0.4) is 0 Å². The Balaban J connectivity index is 1.93. The molecule has 2 rings (SSSR count). The summed E-state index contributed by atoms with van der Waals surface area (Å²) in [6, 6.07) is 2.57. The second-order valence-corrected chi connectivity index (χ2v) is 7.56. The average molecular weight is 366 g/mol. The number of rotatable bonds is 8. The lowest BCUT2D eigenvalue weighted by Gasteiger charge is -2.30. The third-order valence-electron chi connectivity index (χ3n) is 3.94. The van der Waals surface area contributed by atoms with E-state index in [1.807, 2.05) is 6.20 Å². The van der Waals surface area contributed by atoms with Gasteiger partial charge in [-0.15, -0.1) is 11.3 Å². The van der Waals surface area contributed by atoms with Crippen LogP contribution < -0.4 is 10.6 Å². The van der Waals surface area contributed by atoms with Crippen molar-refractivity contribution in [1.82, 2.24) is 20.5 Å². The zero-order valence-corrected chi connectivity index (χ0v) is 16.5. The molecule has 0 radical (unpaired) electrons. The van der Waals surface area contributed by atoms with Crippen molar-refractivity contribution >= 4 is 28.6 Å². The molecular formula is C17H27N5S2. The van der Waals surface area contributed by atoms with E-state index in [1.54, 1.807) is 29.7 Å². The zero-order valence-electron chi connectivity index (χ0n) is 14.9. The van der Waals surface area contributed by atoms with Gasteiger partial charge in [-0.25, -0.2) is 4.98 Å². The van der Waals surface area contributed by atoms with Crippen LogP contribution in [0.5, 0.6) is 0 Å². The van der Waals surface area contributed by atoms with Gasteiger partial charge in [-0.05, 0) is 42.4 Å². The van der Waals surface area contributed by atoms with Crippen LogP contribution in [0.4, 0.5) is 0 Å². The van der Waals surface area contributed by atoms with Crippen molar-refractivity contribution in [3.8, 4) is 0 Å². The Morgan fingerprint density at radius 2 is 2.12 bits per heavy atom. The van der Waals surface area contributed by atoms with Gasteiger partial charge in [0.25, 0.3) is 0 Å². The molecular weight excluding hydrogens is 338 g/mol. The number of nitrogens with one attached hydrogen (secondary N) is 2. The SMILES string of the molecule is CCN(CC)C(CNC(=NC)NCc1ncc(C)s1)c1ccsc1. The summed E-state index contributed by atoms with van der Waals surface area (Å²) >= 11 is 3.46. The Bertz CT molecular complexity index is 617. The minimum absolute atomic E-state index is 0.354. The summed E-state index contributed by atoms with van der Waals surface area (Å²) in [5, 5.41) is 12.3. The number of thiazole rings is 1. The van der Waals surface area contributed by atoms with E-state index in [0.717, 1.165) is 30.6 Å². The van der Waals surface area contributed by atoms with Crippen molar-refractivity contribution in [2.75, 3.05) is 26.7 Å². The third kappa shape index (κ3) is 5.29. The highest BCUT2D eigenvalue weighted by Gasteiger charge is 2.18. The molecule has 1 atom stereocenters. The first-order valence-electron chi connectivity index (χ1n) is 8.29. The fourth-order valence-electron chi connectivity index (χ4n) is 2.64. The van der Waals surface area contributed by atoms with E-state index in [1.165, 1.54) is 10.4 Å². The van der Waals surface area contributed by atoms with Crippen LogP contribution in [-0.2, 0) is 6.54 Å². The molecule has 5 nitrogen and oxygen atoms in total. The van der Waals surface area contributed by atoms with Crippen molar-refractivity contribution in [2.45, 2.75) is 33.4 Å². The maximum absolute atomic E-state index is 4.38. The molecule has 0 aliphatic heterocycles. The fraction of sp³-hybridized carbons (Fsp3) is 0.529. The zero-order chi connectivity index (χ0) is 17.4. The molecule has 2 N–H and O–H groups in total. The van der Waals surface area contributed by atoms with Gasteiger partial charge in [-0.1, -0.05) is 13.8 Å². The van der Waals surface area contributed by atoms with E-state index in [-0.39, 0.29) is 0 Å². The van der Waals surface area contributed by atoms with Crippen LogP contribution in [-0.4, -0.2) is 42.5 Å². The summed E-state index contributed by atoms with van der Waals surface area (Å²) in [5.74, 6) is 0.815. The van der Waals surface area contributed by atoms with E-state index in [9.17, 15) is 0 Å². The van der Waals surface area contributed by atoms with Crippen LogP contribution >= 0.6 is 22.7 Å². The van der Waals surface area contributed by atoms with E-state index in [0.29, 0.717) is 12.6 Å². The number of aryl methyl sites for hydroxylation is 1. The molecule has 0 spiro atoms. The van der Waals surface area contributed by atoms with Crippen molar-refractivity contribution in [3.63, 3.8) is 0 Å². The molecule has 24 heavy (non-hydrogen) atoms. The predicted molar refractivity (Wildman–Crippen MR) is 105 cm³/mol. The molecule has 7 heteroatoms. The van der Waals surface area contributed by atoms with Gasteiger partial charge in [0.15, 0.2) is 5.96 Å². The summed E-state index contributed by atoms with van der Waals surface area (Å²) in [5.41, 5.74) is 1.36. The van der Waals surface area contributed by atoms with Crippen molar-refractivity contribution in [2.24, 2.45) is 4.99 Å². The quantitative estimate of drug-likeness (QED) is 0.557. The Hall–Kier alpha value is -1.44. The van der Waals surface area contributed by atoms with Crippen LogP contribution in [0, 0.1) is 6.92 Å². The largest absolute Gasteiger partial charge is 0.354 e. The third-order valence-corrected chi connectivity index (χ3v) is 5.56. The van der Waals surface area contributed by atoms with Crippen LogP contribution in [0.2, 0.25) is 0 Å². The highest BCUT2D eigenvalue weighted by molar-refractivity contribution is 7.11. The maximum Gasteiger partial charge on any atom is 0.191 e. The molecule has 0 saturated heterocycles. The standard InChI is InChI=1S/C17H27N5S2/c1-5-22(6-2)15(14-7-8-23-12-14)10-20-17(18-4)21-11-16-19-9-13(3)24-16/h7-9,12,15H,5-6,10-11H2,1-4H3,(H2,18,20,21). The van der Waals surface area contributed by atoms with Crippen molar-refractivity contribution in [1.29, 1.82) is 0 Å². The summed E-state index contributed by atoms with van der Waals surface area (Å²) in [7, 11) is 1.81. The highest BCUT2D eigenvalue weighted by Crippen LogP contribution is 2.22. The van der Waals surface area contributed by atoms with Gasteiger partial charge < -0.3 is 10.6 Å². The number of guanidine groups is 1. The Kier molecular flexibility index (Phi) is 7.68. The van der Waals surface area contributed by atoms with E-state index < -0.39 is 0 Å². The van der Waals surface area contributed by atoms with Crippen LogP contribution in [0.15, 0.2) is 28.0 Å². The molecule has 0 saturated carbocycles. The van der Waals surface area contributed by atoms with Crippen molar-refractivity contribution < 1.29 is 0 Å². The molecule has 2 heterocycles. The lowest BCUT2D eigenvalue weighted by Crippen LogP contribution is -2.42. The Morgan fingerprint density at radius 1 is 1.33 bits per heavy atom. The minimum Gasteiger partial charge on any atom is -0.354 e. The van der Waals surface area contributed by atoms with Gasteiger partial charge in [-0.2, -0.15) is 11.3 Å². The first-order chi connectivity index (χ1) is 11.7. The number of hydrogen-bond donors (Lipinski definition) is 2. The summed E-state index contributed by atoms with van der Waals surface area (Å²) in [6.45, 7) is 10.1. The lowest BCUT2D eigenvalue weighted by atomic mass is 10.1. The topological polar surface area (TPSA) is 52.5 Å². The van der Waals surface area contributed by atoms with Gasteiger partial charge in [0, 0.05) is 24.7 Å². The first-order valence-corrected chi connectivity index (χ1v) is 10.1. The summed E-state index contributed by atoms with van der Waals surface area (Å²) < 4.78 is 0. The molecule has 0 aliphatic rings. The van der Waals surface area contributed by atoms with Gasteiger partial charge in [-0.3, -0.25) is 9.89 Å². The second-order valence-electron chi connectivity index (χ2n) is 5.47. The van der Waals surface area contributed by atoms with Crippen molar-refractivity contribution in [3.05, 3.63) is 38.5 Å². The molecule has 0 aliphatic carbocycles. The van der Waals surface area contributed by atoms with E-state index >= 15 is 0 Å². The molecule has 1 unspecified atom stereocenters. The Labute approximate surface area is 152 Å². The second kappa shape index (κ2) is 9.76. The van der Waals surface area contributed by atoms with E-state index in [2.05, 4.69) is 63.1 Å². The smallest absolute Gasteiger partial charge is 0.191 e. The van der Waals surface area contributed by atoms with Gasteiger partial charge in [0.05, 0.1) is 12.6 Å². The maximum atomic E-state index is 4.38. The number of thiophene rings is 1. The number of hydrogen-bond acceptors (Lipinski definition) is 5. The molecule has 132 valence electrons. The first kappa shape index (κ1) is 18.9. The van der Waals surface area contributed by atoms with Gasteiger partial charge in [0.2, 0.25) is 0 Å². The molecule has 0 fully saturated rings.